The van der Waals surface area contributed by atoms with Gasteiger partial charge in [0.1, 0.15) is 6.04 Å². The maximum Gasteiger partial charge on any atom is 0.320 e. The molecule has 0 saturated carbocycles. The lowest BCUT2D eigenvalue weighted by atomic mass is 10.0. The minimum atomic E-state index is -0.811. The van der Waals surface area contributed by atoms with Crippen LogP contribution in [0.2, 0.25) is 0 Å². The summed E-state index contributed by atoms with van der Waals surface area (Å²) in [5.74, 6) is -1.05. The molecule has 2 aromatic rings. The number of hydrogen-bond acceptors (Lipinski definition) is 5. The fourth-order valence-electron chi connectivity index (χ4n) is 3.07. The van der Waals surface area contributed by atoms with E-state index in [1.165, 1.54) is 6.08 Å². The summed E-state index contributed by atoms with van der Waals surface area (Å²) in [5.41, 5.74) is 5.75. The summed E-state index contributed by atoms with van der Waals surface area (Å²) in [4.78, 5) is 22.3. The van der Waals surface area contributed by atoms with Crippen LogP contribution in [-0.2, 0) is 29.2 Å². The molecule has 2 aromatic carbocycles. The maximum absolute atomic E-state index is 11.3. The largest absolute Gasteiger partial charge is 0.480 e. The van der Waals surface area contributed by atoms with Crippen LogP contribution in [0.5, 0.6) is 0 Å². The molecule has 0 aliphatic rings. The monoisotopic (exact) mass is 425 g/mol. The lowest BCUT2D eigenvalue weighted by Gasteiger charge is -2.16. The summed E-state index contributed by atoms with van der Waals surface area (Å²) in [6.07, 6.45) is 3.49. The van der Waals surface area contributed by atoms with Crippen molar-refractivity contribution in [3.05, 3.63) is 76.9 Å². The fourth-order valence-corrected chi connectivity index (χ4v) is 3.07. The lowest BCUT2D eigenvalue weighted by molar-refractivity contribution is -0.140. The molecule has 2 rings (SSSR count). The molecule has 1 atom stereocenters. The number of carboxylic acids is 1. The number of aliphatic carboxylic acids is 1. The number of rotatable bonds is 12. The van der Waals surface area contributed by atoms with Crippen molar-refractivity contribution in [1.29, 1.82) is 0 Å². The van der Waals surface area contributed by atoms with Crippen LogP contribution in [0.3, 0.4) is 0 Å². The van der Waals surface area contributed by atoms with Crippen molar-refractivity contribution in [2.45, 2.75) is 45.9 Å². The van der Waals surface area contributed by atoms with Gasteiger partial charge in [0, 0.05) is 25.7 Å². The van der Waals surface area contributed by atoms with E-state index in [2.05, 4.69) is 10.6 Å². The van der Waals surface area contributed by atoms with Gasteiger partial charge in [-0.1, -0.05) is 62.4 Å². The third kappa shape index (κ3) is 9.13. The summed E-state index contributed by atoms with van der Waals surface area (Å²) >= 11 is 0. The van der Waals surface area contributed by atoms with Crippen LogP contribution >= 0.6 is 0 Å². The highest BCUT2D eigenvalue weighted by Crippen LogP contribution is 2.09. The smallest absolute Gasteiger partial charge is 0.320 e. The quantitative estimate of drug-likeness (QED) is 0.203. The van der Waals surface area contributed by atoms with Crippen LogP contribution < -0.4 is 16.1 Å². The molecule has 1 amide bonds. The zero-order valence-electron chi connectivity index (χ0n) is 18.0. The number of hydrogen-bond donors (Lipinski definition) is 5. The molecule has 7 heteroatoms. The van der Waals surface area contributed by atoms with Gasteiger partial charge in [-0.05, 0) is 40.7 Å². The Morgan fingerprint density at radius 3 is 1.90 bits per heavy atom. The fraction of sp³-hybridized carbons (Fsp3) is 0.333. The van der Waals surface area contributed by atoms with Crippen molar-refractivity contribution in [3.63, 3.8) is 0 Å². The summed E-state index contributed by atoms with van der Waals surface area (Å²) in [5, 5.41) is 24.3. The number of benzene rings is 2. The van der Waals surface area contributed by atoms with Crippen LogP contribution in [0.1, 0.15) is 42.5 Å². The summed E-state index contributed by atoms with van der Waals surface area (Å²) < 4.78 is 0. The third-order valence-electron chi connectivity index (χ3n) is 4.76. The third-order valence-corrected chi connectivity index (χ3v) is 4.76. The van der Waals surface area contributed by atoms with Crippen LogP contribution in [0.15, 0.2) is 54.6 Å². The van der Waals surface area contributed by atoms with E-state index in [1.807, 2.05) is 62.4 Å². The number of carbonyl (C=O) groups excluding carboxylic acids is 1. The molecule has 31 heavy (non-hydrogen) atoms. The topological polar surface area (TPSA) is 111 Å². The summed E-state index contributed by atoms with van der Waals surface area (Å²) in [6, 6.07) is 15.4. The summed E-state index contributed by atoms with van der Waals surface area (Å²) in [7, 11) is 0. The van der Waals surface area contributed by atoms with E-state index in [1.54, 1.807) is 11.6 Å². The van der Waals surface area contributed by atoms with Gasteiger partial charge in [0.05, 0.1) is 0 Å². The molecule has 0 aliphatic heterocycles. The number of hydroxylamine groups is 1. The first-order chi connectivity index (χ1) is 14.9. The Hall–Kier alpha value is -3.00. The normalized spacial score (nSPS) is 12.3. The highest BCUT2D eigenvalue weighted by molar-refractivity contribution is 5.90. The van der Waals surface area contributed by atoms with Gasteiger partial charge in [-0.3, -0.25) is 14.8 Å². The van der Waals surface area contributed by atoms with Crippen molar-refractivity contribution in [2.24, 2.45) is 5.92 Å². The molecule has 0 bridgehead atoms. The number of carboxylic acid groups (broad SMARTS) is 1. The van der Waals surface area contributed by atoms with E-state index < -0.39 is 17.9 Å². The lowest BCUT2D eigenvalue weighted by Crippen LogP contribution is -2.37. The highest BCUT2D eigenvalue weighted by atomic mass is 16.5. The predicted molar refractivity (Wildman–Crippen MR) is 120 cm³/mol. The molecule has 0 unspecified atom stereocenters. The minimum absolute atomic E-state index is 0.322. The summed E-state index contributed by atoms with van der Waals surface area (Å²) in [6.45, 7) is 5.99. The first kappa shape index (κ1) is 24.3. The van der Waals surface area contributed by atoms with Gasteiger partial charge in [0.2, 0.25) is 0 Å². The van der Waals surface area contributed by atoms with Crippen LogP contribution in [0.4, 0.5) is 0 Å². The van der Waals surface area contributed by atoms with Crippen LogP contribution in [0, 0.1) is 5.92 Å². The van der Waals surface area contributed by atoms with Gasteiger partial charge in [-0.15, -0.1) is 0 Å². The zero-order valence-corrected chi connectivity index (χ0v) is 18.0. The molecule has 7 nitrogen and oxygen atoms in total. The number of nitrogens with one attached hydrogen (secondary N) is 3. The second kappa shape index (κ2) is 12.6. The second-order valence-corrected chi connectivity index (χ2v) is 7.87. The first-order valence-corrected chi connectivity index (χ1v) is 10.3. The van der Waals surface area contributed by atoms with Gasteiger partial charge >= 0.3 is 5.97 Å². The average molecular weight is 426 g/mol. The van der Waals surface area contributed by atoms with Gasteiger partial charge in [-0.25, -0.2) is 5.48 Å². The Bertz CT molecular complexity index is 861. The average Bonchev–Trinajstić information content (AvgIpc) is 2.76. The Labute approximate surface area is 183 Å². The second-order valence-electron chi connectivity index (χ2n) is 7.87. The van der Waals surface area contributed by atoms with E-state index in [0.29, 0.717) is 25.4 Å². The first-order valence-electron chi connectivity index (χ1n) is 10.3. The molecule has 0 radical (unpaired) electrons. The van der Waals surface area contributed by atoms with E-state index in [9.17, 15) is 14.7 Å². The standard InChI is InChI=1S/C24H31N3O4/c1-17(2)13-22(24(29)30)26-16-21-9-7-20(8-10-21)15-25-14-19-5-3-18(4-6-19)11-12-23(28)27-31/h3-12,17,22,25-26,31H,13-16H2,1-2H3,(H,27,28)(H,29,30)/b12-11+/t22-/m0/s1. The Morgan fingerprint density at radius 1 is 0.903 bits per heavy atom. The van der Waals surface area contributed by atoms with Crippen molar-refractivity contribution in [2.75, 3.05) is 0 Å². The Kier molecular flexibility index (Phi) is 9.90. The minimum Gasteiger partial charge on any atom is -0.480 e. The van der Waals surface area contributed by atoms with Crippen LogP contribution in [-0.4, -0.2) is 28.2 Å². The van der Waals surface area contributed by atoms with E-state index >= 15 is 0 Å². The van der Waals surface area contributed by atoms with Gasteiger partial charge in [0.25, 0.3) is 5.91 Å². The van der Waals surface area contributed by atoms with E-state index in [-0.39, 0.29) is 0 Å². The van der Waals surface area contributed by atoms with Crippen molar-refractivity contribution in [3.8, 4) is 0 Å². The van der Waals surface area contributed by atoms with Crippen molar-refractivity contribution < 1.29 is 19.9 Å². The maximum atomic E-state index is 11.3. The molecule has 0 heterocycles. The predicted octanol–water partition coefficient (Wildman–Crippen LogP) is 3.08. The molecule has 0 spiro atoms. The van der Waals surface area contributed by atoms with Gasteiger partial charge < -0.3 is 15.7 Å². The molecular formula is C24H31N3O4. The van der Waals surface area contributed by atoms with E-state index in [4.69, 9.17) is 5.21 Å². The van der Waals surface area contributed by atoms with E-state index in [0.717, 1.165) is 28.8 Å². The number of carbonyl (C=O) groups is 2. The molecular weight excluding hydrogens is 394 g/mol. The molecule has 0 aliphatic carbocycles. The molecule has 0 saturated heterocycles. The molecule has 0 fully saturated rings. The SMILES string of the molecule is CC(C)C[C@H](NCc1ccc(CNCc2ccc(/C=C/C(=O)NO)cc2)cc1)C(=O)O. The van der Waals surface area contributed by atoms with Crippen LogP contribution in [0.25, 0.3) is 6.08 Å². The molecule has 166 valence electrons. The Balaban J connectivity index is 1.77. The van der Waals surface area contributed by atoms with Crippen molar-refractivity contribution >= 4 is 18.0 Å². The van der Waals surface area contributed by atoms with Gasteiger partial charge in [0.15, 0.2) is 0 Å². The van der Waals surface area contributed by atoms with Crippen molar-refractivity contribution in [1.82, 2.24) is 16.1 Å². The molecule has 0 aromatic heterocycles. The molecule has 5 N–H and O–H groups in total. The zero-order chi connectivity index (χ0) is 22.6. The van der Waals surface area contributed by atoms with Gasteiger partial charge in [-0.2, -0.15) is 0 Å². The highest BCUT2D eigenvalue weighted by Gasteiger charge is 2.17. The number of amides is 1. The Morgan fingerprint density at radius 2 is 1.42 bits per heavy atom.